The van der Waals surface area contributed by atoms with E-state index in [1.54, 1.807) is 0 Å². The fraction of sp³-hybridized carbons (Fsp3) is 0.406. The summed E-state index contributed by atoms with van der Waals surface area (Å²) in [6.07, 6.45) is 13.9. The van der Waals surface area contributed by atoms with Crippen molar-refractivity contribution in [1.29, 1.82) is 0 Å². The second-order valence-electron chi connectivity index (χ2n) is 11.1. The van der Waals surface area contributed by atoms with Gasteiger partial charge in [0.1, 0.15) is 0 Å². The average molecular weight is 485 g/mol. The van der Waals surface area contributed by atoms with E-state index in [2.05, 4.69) is 123 Å². The molecule has 0 radical (unpaired) electrons. The molecule has 4 rings (SSSR count). The Kier molecular flexibility index (Phi) is 7.44. The maximum atomic E-state index is 10.9. The molecule has 4 heteroatoms. The molecule has 1 unspecified atom stereocenters. The number of rotatable bonds is 9. The molecule has 0 amide bonds. The molecule has 2 aliphatic rings. The van der Waals surface area contributed by atoms with Crippen molar-refractivity contribution in [2.45, 2.75) is 70.3 Å². The minimum atomic E-state index is -0.711. The molecule has 190 valence electrons. The smallest absolute Gasteiger partial charge is 0.303 e. The van der Waals surface area contributed by atoms with Gasteiger partial charge in [0, 0.05) is 47.9 Å². The first kappa shape index (κ1) is 25.8. The Balaban J connectivity index is 1.49. The van der Waals surface area contributed by atoms with Crippen molar-refractivity contribution in [3.63, 3.8) is 0 Å². The number of hydrogen-bond acceptors (Lipinski definition) is 3. The molecule has 1 N–H and O–H groups in total. The summed E-state index contributed by atoms with van der Waals surface area (Å²) < 4.78 is 0. The number of carbonyl (C=O) groups is 1. The van der Waals surface area contributed by atoms with E-state index in [9.17, 15) is 4.79 Å². The van der Waals surface area contributed by atoms with E-state index in [0.29, 0.717) is 6.04 Å². The minimum Gasteiger partial charge on any atom is -0.481 e. The van der Waals surface area contributed by atoms with Crippen molar-refractivity contribution >= 4 is 17.3 Å². The zero-order valence-corrected chi connectivity index (χ0v) is 22.4. The molecular formula is C32H40N2O2. The Morgan fingerprint density at radius 2 is 1.56 bits per heavy atom. The number of carboxylic acid groups (broad SMARTS) is 1. The molecule has 0 spiro atoms. The Hall–Kier alpha value is -3.27. The topological polar surface area (TPSA) is 43.8 Å². The summed E-state index contributed by atoms with van der Waals surface area (Å²) in [5.74, 6) is -0.711. The highest BCUT2D eigenvalue weighted by atomic mass is 16.4. The third-order valence-electron chi connectivity index (χ3n) is 7.98. The maximum Gasteiger partial charge on any atom is 0.303 e. The summed E-state index contributed by atoms with van der Waals surface area (Å²) in [4.78, 5) is 15.7. The number of unbranched alkanes of at least 4 members (excludes halogenated alkanes) is 2. The molecule has 2 heterocycles. The summed E-state index contributed by atoms with van der Waals surface area (Å²) in [7, 11) is 2.18. The second-order valence-corrected chi connectivity index (χ2v) is 11.1. The van der Waals surface area contributed by atoms with Crippen LogP contribution in [0, 0.1) is 0 Å². The number of para-hydroxylation sites is 2. The highest BCUT2D eigenvalue weighted by molar-refractivity contribution is 5.71. The lowest BCUT2D eigenvalue weighted by Crippen LogP contribution is -2.37. The third kappa shape index (κ3) is 4.86. The number of hydrogen-bond donors (Lipinski definition) is 1. The van der Waals surface area contributed by atoms with E-state index < -0.39 is 5.97 Å². The second kappa shape index (κ2) is 10.4. The van der Waals surface area contributed by atoms with E-state index in [-0.39, 0.29) is 17.3 Å². The standard InChI is InChI=1S/C32H40N2O2/c1-31(2)24-16-11-13-18-26(24)33(5)28(31)20-8-6-9-21-29-32(3,4)25-17-12-14-19-27(25)34(29)23-15-7-10-22-30(35)36/h6,8-9,11-14,16-21,28H,7,10,15,22-23H2,1-5H3,(H,35,36)/b9-6+,20-8+,29-21+. The number of fused-ring (bicyclic) bond motifs is 2. The molecule has 0 saturated heterocycles. The van der Waals surface area contributed by atoms with Gasteiger partial charge in [0.05, 0.1) is 6.04 Å². The number of likely N-dealkylation sites (N-methyl/N-ethyl adjacent to an activating group) is 1. The van der Waals surface area contributed by atoms with Gasteiger partial charge in [-0.15, -0.1) is 0 Å². The van der Waals surface area contributed by atoms with Gasteiger partial charge in [-0.3, -0.25) is 4.79 Å². The molecule has 1 atom stereocenters. The normalized spacial score (nSPS) is 21.0. The molecule has 2 aliphatic heterocycles. The Labute approximate surface area is 216 Å². The monoisotopic (exact) mass is 484 g/mol. The first-order valence-electron chi connectivity index (χ1n) is 13.1. The van der Waals surface area contributed by atoms with Gasteiger partial charge in [0.15, 0.2) is 0 Å². The van der Waals surface area contributed by atoms with Gasteiger partial charge in [-0.1, -0.05) is 94.8 Å². The van der Waals surface area contributed by atoms with Crippen LogP contribution in [0.2, 0.25) is 0 Å². The van der Waals surface area contributed by atoms with Crippen LogP contribution in [0.1, 0.15) is 64.5 Å². The third-order valence-corrected chi connectivity index (χ3v) is 7.98. The molecule has 0 bridgehead atoms. The first-order chi connectivity index (χ1) is 17.2. The number of nitrogens with zero attached hydrogens (tertiary/aromatic N) is 2. The SMILES string of the molecule is CN1c2ccccc2C(C)(C)C1/C=C/C=C/C=C1/N(CCCCCC(=O)O)c2ccccc2C1(C)C. The van der Waals surface area contributed by atoms with Crippen molar-refractivity contribution in [2.75, 3.05) is 23.4 Å². The van der Waals surface area contributed by atoms with Crippen molar-refractivity contribution < 1.29 is 9.90 Å². The molecule has 0 saturated carbocycles. The van der Waals surface area contributed by atoms with Crippen LogP contribution in [0.4, 0.5) is 11.4 Å². The quantitative estimate of drug-likeness (QED) is 0.301. The summed E-state index contributed by atoms with van der Waals surface area (Å²) >= 11 is 0. The van der Waals surface area contributed by atoms with Gasteiger partial charge in [0.25, 0.3) is 0 Å². The first-order valence-corrected chi connectivity index (χ1v) is 13.1. The van der Waals surface area contributed by atoms with Crippen molar-refractivity contribution in [3.8, 4) is 0 Å². The van der Waals surface area contributed by atoms with Crippen LogP contribution in [0.3, 0.4) is 0 Å². The van der Waals surface area contributed by atoms with Crippen LogP contribution >= 0.6 is 0 Å². The lowest BCUT2D eigenvalue weighted by atomic mass is 9.80. The number of anilines is 2. The fourth-order valence-electron chi connectivity index (χ4n) is 5.97. The Morgan fingerprint density at radius 3 is 2.25 bits per heavy atom. The number of aliphatic carboxylic acids is 1. The highest BCUT2D eigenvalue weighted by Crippen LogP contribution is 2.48. The van der Waals surface area contributed by atoms with Gasteiger partial charge in [0.2, 0.25) is 0 Å². The molecular weight excluding hydrogens is 444 g/mol. The molecule has 4 nitrogen and oxygen atoms in total. The van der Waals surface area contributed by atoms with Crippen LogP contribution in [-0.4, -0.2) is 30.7 Å². The van der Waals surface area contributed by atoms with Gasteiger partial charge in [-0.25, -0.2) is 0 Å². The van der Waals surface area contributed by atoms with Crippen LogP contribution in [0.25, 0.3) is 0 Å². The maximum absolute atomic E-state index is 10.9. The van der Waals surface area contributed by atoms with Crippen LogP contribution in [0.5, 0.6) is 0 Å². The van der Waals surface area contributed by atoms with E-state index >= 15 is 0 Å². The van der Waals surface area contributed by atoms with Crippen molar-refractivity contribution in [1.82, 2.24) is 0 Å². The number of benzene rings is 2. The summed E-state index contributed by atoms with van der Waals surface area (Å²) in [6, 6.07) is 17.7. The molecule has 2 aromatic rings. The van der Waals surface area contributed by atoms with E-state index in [0.717, 1.165) is 25.8 Å². The summed E-state index contributed by atoms with van der Waals surface area (Å²) in [6.45, 7) is 10.1. The van der Waals surface area contributed by atoms with Gasteiger partial charge in [-0.05, 0) is 42.2 Å². The van der Waals surface area contributed by atoms with Crippen LogP contribution < -0.4 is 9.80 Å². The van der Waals surface area contributed by atoms with E-state index in [1.807, 2.05) is 0 Å². The highest BCUT2D eigenvalue weighted by Gasteiger charge is 2.41. The van der Waals surface area contributed by atoms with Gasteiger partial charge in [-0.2, -0.15) is 0 Å². The molecule has 0 fully saturated rings. The number of carboxylic acids is 1. The zero-order chi connectivity index (χ0) is 25.9. The molecule has 0 aromatic heterocycles. The lowest BCUT2D eigenvalue weighted by molar-refractivity contribution is -0.137. The summed E-state index contributed by atoms with van der Waals surface area (Å²) in [5.41, 5.74) is 6.59. The van der Waals surface area contributed by atoms with E-state index in [4.69, 9.17) is 5.11 Å². The predicted octanol–water partition coefficient (Wildman–Crippen LogP) is 7.22. The average Bonchev–Trinajstić information content (AvgIpc) is 3.18. The zero-order valence-electron chi connectivity index (χ0n) is 22.4. The van der Waals surface area contributed by atoms with Crippen molar-refractivity contribution in [2.24, 2.45) is 0 Å². The number of allylic oxidation sites excluding steroid dienone is 5. The fourth-order valence-corrected chi connectivity index (χ4v) is 5.97. The largest absolute Gasteiger partial charge is 0.481 e. The van der Waals surface area contributed by atoms with Gasteiger partial charge >= 0.3 is 5.97 Å². The van der Waals surface area contributed by atoms with Crippen LogP contribution in [-0.2, 0) is 15.6 Å². The Bertz CT molecular complexity index is 1190. The lowest BCUT2D eigenvalue weighted by Gasteiger charge is -2.29. The Morgan fingerprint density at radius 1 is 0.889 bits per heavy atom. The summed E-state index contributed by atoms with van der Waals surface area (Å²) in [5, 5.41) is 8.93. The van der Waals surface area contributed by atoms with Crippen molar-refractivity contribution in [3.05, 3.63) is 95.7 Å². The molecule has 2 aromatic carbocycles. The molecule has 36 heavy (non-hydrogen) atoms. The predicted molar refractivity (Wildman–Crippen MR) is 151 cm³/mol. The van der Waals surface area contributed by atoms with Crippen LogP contribution in [0.15, 0.2) is 84.6 Å². The van der Waals surface area contributed by atoms with E-state index in [1.165, 1.54) is 28.2 Å². The van der Waals surface area contributed by atoms with Gasteiger partial charge < -0.3 is 14.9 Å². The minimum absolute atomic E-state index is 0.0562. The molecule has 0 aliphatic carbocycles.